The second-order valence-corrected chi connectivity index (χ2v) is 2.59. The van der Waals surface area contributed by atoms with E-state index in [9.17, 15) is 4.79 Å². The Morgan fingerprint density at radius 3 is 2.55 bits per heavy atom. The van der Waals surface area contributed by atoms with Crippen molar-refractivity contribution in [3.63, 3.8) is 0 Å². The molecular formula is C7H7ClNO2+. The van der Waals surface area contributed by atoms with Gasteiger partial charge < -0.3 is 10.8 Å². The summed E-state index contributed by atoms with van der Waals surface area (Å²) < 4.78 is 0. The first-order chi connectivity index (χ1) is 5.09. The van der Waals surface area contributed by atoms with E-state index in [1.165, 1.54) is 12.1 Å². The van der Waals surface area contributed by atoms with Gasteiger partial charge in [-0.2, -0.15) is 0 Å². The van der Waals surface area contributed by atoms with Crippen molar-refractivity contribution in [2.75, 3.05) is 0 Å². The number of carboxylic acid groups (broad SMARTS) is 1. The highest BCUT2D eigenvalue weighted by molar-refractivity contribution is 6.31. The lowest BCUT2D eigenvalue weighted by atomic mass is 10.2. The number of benzene rings is 1. The van der Waals surface area contributed by atoms with Gasteiger partial charge in [-0.05, 0) is 6.07 Å². The summed E-state index contributed by atoms with van der Waals surface area (Å²) in [7, 11) is 0. The maximum atomic E-state index is 10.4. The fourth-order valence-electron chi connectivity index (χ4n) is 0.774. The van der Waals surface area contributed by atoms with Gasteiger partial charge in [0, 0.05) is 17.2 Å². The molecule has 0 atom stereocenters. The molecule has 0 aliphatic rings. The Kier molecular flexibility index (Phi) is 2.12. The van der Waals surface area contributed by atoms with E-state index in [0.717, 1.165) is 0 Å². The van der Waals surface area contributed by atoms with Gasteiger partial charge in [0.2, 0.25) is 0 Å². The Balaban J connectivity index is 3.19. The fraction of sp³-hybridized carbons (Fsp3) is 0. The van der Waals surface area contributed by atoms with Crippen LogP contribution in [0.25, 0.3) is 0 Å². The van der Waals surface area contributed by atoms with Gasteiger partial charge in [0.05, 0.1) is 5.56 Å². The Morgan fingerprint density at radius 2 is 2.09 bits per heavy atom. The molecule has 0 aromatic heterocycles. The zero-order valence-corrected chi connectivity index (χ0v) is 6.43. The molecule has 0 bridgehead atoms. The van der Waals surface area contributed by atoms with Crippen LogP contribution in [0.15, 0.2) is 18.2 Å². The van der Waals surface area contributed by atoms with Crippen molar-refractivity contribution in [1.82, 2.24) is 0 Å². The van der Waals surface area contributed by atoms with Crippen LogP contribution >= 0.6 is 11.6 Å². The number of aromatic carboxylic acids is 1. The van der Waals surface area contributed by atoms with Gasteiger partial charge in [-0.15, -0.1) is 0 Å². The van der Waals surface area contributed by atoms with Crippen LogP contribution in [-0.4, -0.2) is 11.1 Å². The third-order valence-electron chi connectivity index (χ3n) is 1.20. The minimum Gasteiger partial charge on any atom is -0.478 e. The standard InChI is InChI=1S/C7H6ClNO2/c8-5-1-4(7(10)11)2-6(9)3-5/h1-3H,9H2,(H,10,11)/p+1. The summed E-state index contributed by atoms with van der Waals surface area (Å²) in [6.07, 6.45) is 0. The smallest absolute Gasteiger partial charge is 0.335 e. The first-order valence-electron chi connectivity index (χ1n) is 2.95. The minimum atomic E-state index is -0.989. The number of carbonyl (C=O) groups is 1. The van der Waals surface area contributed by atoms with Crippen molar-refractivity contribution in [1.29, 1.82) is 0 Å². The molecule has 1 aromatic rings. The number of hydrogen-bond donors (Lipinski definition) is 2. The number of rotatable bonds is 1. The van der Waals surface area contributed by atoms with E-state index < -0.39 is 5.97 Å². The highest BCUT2D eigenvalue weighted by atomic mass is 35.5. The number of hydrogen-bond acceptors (Lipinski definition) is 1. The molecule has 0 radical (unpaired) electrons. The lowest BCUT2D eigenvalue weighted by Crippen LogP contribution is -2.40. The predicted molar refractivity (Wildman–Crippen MR) is 41.0 cm³/mol. The molecule has 0 spiro atoms. The van der Waals surface area contributed by atoms with Crippen LogP contribution < -0.4 is 5.73 Å². The van der Waals surface area contributed by atoms with Gasteiger partial charge in [0.1, 0.15) is 5.69 Å². The largest absolute Gasteiger partial charge is 0.478 e. The summed E-state index contributed by atoms with van der Waals surface area (Å²) in [6.45, 7) is 0. The monoisotopic (exact) mass is 172 g/mol. The Labute approximate surface area is 68.4 Å². The number of halogens is 1. The van der Waals surface area contributed by atoms with Gasteiger partial charge >= 0.3 is 5.97 Å². The van der Waals surface area contributed by atoms with Crippen molar-refractivity contribution in [2.45, 2.75) is 0 Å². The first kappa shape index (κ1) is 8.04. The maximum Gasteiger partial charge on any atom is 0.335 e. The number of quaternary nitrogens is 1. The van der Waals surface area contributed by atoms with Crippen LogP contribution in [0.2, 0.25) is 5.02 Å². The van der Waals surface area contributed by atoms with Crippen LogP contribution in [-0.2, 0) is 0 Å². The summed E-state index contributed by atoms with van der Waals surface area (Å²) >= 11 is 5.59. The van der Waals surface area contributed by atoms with E-state index in [-0.39, 0.29) is 5.56 Å². The van der Waals surface area contributed by atoms with E-state index in [1.54, 1.807) is 6.07 Å². The highest BCUT2D eigenvalue weighted by Gasteiger charge is 2.05. The second kappa shape index (κ2) is 2.90. The molecule has 58 valence electrons. The Hall–Kier alpha value is -1.06. The summed E-state index contributed by atoms with van der Waals surface area (Å²) in [5, 5.41) is 8.95. The average Bonchev–Trinajstić information content (AvgIpc) is 1.85. The molecule has 0 amide bonds. The zero-order chi connectivity index (χ0) is 8.43. The summed E-state index contributed by atoms with van der Waals surface area (Å²) in [4.78, 5) is 10.4. The van der Waals surface area contributed by atoms with E-state index in [4.69, 9.17) is 16.7 Å². The zero-order valence-electron chi connectivity index (χ0n) is 5.67. The van der Waals surface area contributed by atoms with Gasteiger partial charge in [0.15, 0.2) is 0 Å². The van der Waals surface area contributed by atoms with Crippen LogP contribution in [0.3, 0.4) is 0 Å². The third kappa shape index (κ3) is 1.93. The predicted octanol–water partition coefficient (Wildman–Crippen LogP) is 0.912. The average molecular weight is 173 g/mol. The molecule has 0 saturated heterocycles. The quantitative estimate of drug-likeness (QED) is 0.662. The molecule has 0 heterocycles. The van der Waals surface area contributed by atoms with Gasteiger partial charge in [0.25, 0.3) is 0 Å². The van der Waals surface area contributed by atoms with Crippen molar-refractivity contribution >= 4 is 23.3 Å². The SMILES string of the molecule is [NH3+]c1cc(Cl)cc(C(=O)O)c1. The van der Waals surface area contributed by atoms with Crippen molar-refractivity contribution in [2.24, 2.45) is 0 Å². The third-order valence-corrected chi connectivity index (χ3v) is 1.42. The Bertz CT molecular complexity index is 278. The van der Waals surface area contributed by atoms with Crippen LogP contribution in [0, 0.1) is 0 Å². The summed E-state index contributed by atoms with van der Waals surface area (Å²) in [6, 6.07) is 4.46. The van der Waals surface area contributed by atoms with Crippen LogP contribution in [0.5, 0.6) is 0 Å². The minimum absolute atomic E-state index is 0.169. The van der Waals surface area contributed by atoms with Crippen molar-refractivity contribution in [3.05, 3.63) is 28.8 Å². The van der Waals surface area contributed by atoms with E-state index in [0.29, 0.717) is 10.7 Å². The highest BCUT2D eigenvalue weighted by Crippen LogP contribution is 2.15. The van der Waals surface area contributed by atoms with Crippen LogP contribution in [0.4, 0.5) is 5.69 Å². The maximum absolute atomic E-state index is 10.4. The van der Waals surface area contributed by atoms with E-state index >= 15 is 0 Å². The number of carboxylic acids is 1. The van der Waals surface area contributed by atoms with E-state index in [1.807, 2.05) is 0 Å². The second-order valence-electron chi connectivity index (χ2n) is 2.15. The van der Waals surface area contributed by atoms with Crippen molar-refractivity contribution < 1.29 is 15.6 Å². The summed E-state index contributed by atoms with van der Waals surface area (Å²) in [5.41, 5.74) is 4.35. The molecule has 4 N–H and O–H groups in total. The Morgan fingerprint density at radius 1 is 1.45 bits per heavy atom. The van der Waals surface area contributed by atoms with Gasteiger partial charge in [-0.3, -0.25) is 0 Å². The molecule has 1 aromatic carbocycles. The molecule has 3 nitrogen and oxygen atoms in total. The molecule has 0 aliphatic carbocycles. The summed E-state index contributed by atoms with van der Waals surface area (Å²) in [5.74, 6) is -0.989. The lowest BCUT2D eigenvalue weighted by molar-refractivity contribution is -0.254. The first-order valence-corrected chi connectivity index (χ1v) is 3.33. The molecule has 0 fully saturated rings. The van der Waals surface area contributed by atoms with Gasteiger partial charge in [-0.25, -0.2) is 4.79 Å². The molecule has 11 heavy (non-hydrogen) atoms. The molecular weight excluding hydrogens is 166 g/mol. The van der Waals surface area contributed by atoms with E-state index in [2.05, 4.69) is 5.73 Å². The molecule has 4 heteroatoms. The van der Waals surface area contributed by atoms with Crippen molar-refractivity contribution in [3.8, 4) is 0 Å². The normalized spacial score (nSPS) is 9.64. The molecule has 0 aliphatic heterocycles. The topological polar surface area (TPSA) is 64.9 Å². The molecule has 1 rings (SSSR count). The van der Waals surface area contributed by atoms with Crippen LogP contribution in [0.1, 0.15) is 10.4 Å². The lowest BCUT2D eigenvalue weighted by Gasteiger charge is -1.94. The fourth-order valence-corrected chi connectivity index (χ4v) is 1.03. The van der Waals surface area contributed by atoms with Gasteiger partial charge in [-0.1, -0.05) is 11.6 Å². The molecule has 0 saturated carbocycles. The molecule has 0 unspecified atom stereocenters.